The lowest BCUT2D eigenvalue weighted by molar-refractivity contribution is -0.211. The zero-order valence-electron chi connectivity index (χ0n) is 23.7. The molecule has 1 saturated heterocycles. The summed E-state index contributed by atoms with van der Waals surface area (Å²) in [6, 6.07) is 9.43. The summed E-state index contributed by atoms with van der Waals surface area (Å²) in [4.78, 5) is 15.9. The maximum atomic E-state index is 14.5. The molecule has 5 rings (SSSR count). The fourth-order valence-corrected chi connectivity index (χ4v) is 6.31. The van der Waals surface area contributed by atoms with E-state index in [1.54, 1.807) is 19.1 Å². The maximum Gasteiger partial charge on any atom is 0.259 e. The summed E-state index contributed by atoms with van der Waals surface area (Å²) in [6.45, 7) is 0.994. The van der Waals surface area contributed by atoms with E-state index in [1.165, 1.54) is 47.2 Å². The van der Waals surface area contributed by atoms with Crippen LogP contribution in [0.5, 0.6) is 0 Å². The Labute approximate surface area is 253 Å². The van der Waals surface area contributed by atoms with E-state index in [4.69, 9.17) is 21.1 Å². The molecule has 0 bridgehead atoms. The predicted molar refractivity (Wildman–Crippen MR) is 154 cm³/mol. The fraction of sp³-hybridized carbons (Fsp3) is 0.467. The standard InChI is InChI=1S/C30H33ClFN5O6/c1-16-20(6-5-7-21(16)32)22-14-36(35-34-22)26-27(40)25(15-38)43-29(28(26)42-2)30(41)37(23-8-3-4-9-24(23)39)19-11-17(13-33)10-18(31)12-19/h5-7,10-12,14,23-29,38-40H,3-4,8-9,15H2,1-2H3/t23-,24-,25+,26-,27-,28+,29+/m0/s1. The van der Waals surface area contributed by atoms with Gasteiger partial charge in [0.2, 0.25) is 0 Å². The van der Waals surface area contributed by atoms with Crippen LogP contribution >= 0.6 is 11.6 Å². The van der Waals surface area contributed by atoms with E-state index in [2.05, 4.69) is 10.3 Å². The van der Waals surface area contributed by atoms with Crippen LogP contribution in [-0.4, -0.2) is 86.5 Å². The van der Waals surface area contributed by atoms with Gasteiger partial charge in [-0.15, -0.1) is 5.10 Å². The molecule has 228 valence electrons. The van der Waals surface area contributed by atoms with Gasteiger partial charge in [-0.2, -0.15) is 5.26 Å². The number of nitriles is 1. The number of methoxy groups -OCH3 is 1. The number of anilines is 1. The Morgan fingerprint density at radius 2 is 2.05 bits per heavy atom. The van der Waals surface area contributed by atoms with Crippen LogP contribution in [0.2, 0.25) is 5.02 Å². The first-order chi connectivity index (χ1) is 20.7. The minimum Gasteiger partial charge on any atom is -0.394 e. The Balaban J connectivity index is 1.56. The third-order valence-corrected chi connectivity index (χ3v) is 8.51. The second-order valence-corrected chi connectivity index (χ2v) is 11.3. The summed E-state index contributed by atoms with van der Waals surface area (Å²) < 4.78 is 27.4. The van der Waals surface area contributed by atoms with Crippen LogP contribution in [0.3, 0.4) is 0 Å². The van der Waals surface area contributed by atoms with Gasteiger partial charge in [0.05, 0.1) is 36.6 Å². The Hall–Kier alpha value is -3.44. The van der Waals surface area contributed by atoms with Crippen molar-refractivity contribution in [3.05, 3.63) is 64.6 Å². The highest BCUT2D eigenvalue weighted by Crippen LogP contribution is 2.37. The number of carbonyl (C=O) groups excluding carboxylic acids is 1. The van der Waals surface area contributed by atoms with E-state index in [0.717, 1.165) is 12.8 Å². The van der Waals surface area contributed by atoms with Crippen LogP contribution in [0.1, 0.15) is 42.9 Å². The summed E-state index contributed by atoms with van der Waals surface area (Å²) in [6.07, 6.45) is -1.91. The number of hydrogen-bond donors (Lipinski definition) is 3. The van der Waals surface area contributed by atoms with Gasteiger partial charge < -0.3 is 29.7 Å². The Morgan fingerprint density at radius 1 is 1.28 bits per heavy atom. The number of nitrogens with zero attached hydrogens (tertiary/aromatic N) is 5. The molecule has 2 fully saturated rings. The molecule has 0 radical (unpaired) electrons. The van der Waals surface area contributed by atoms with E-state index in [1.807, 2.05) is 6.07 Å². The Bertz CT molecular complexity index is 1510. The molecule has 2 heterocycles. The van der Waals surface area contributed by atoms with Gasteiger partial charge in [0.25, 0.3) is 5.91 Å². The lowest BCUT2D eigenvalue weighted by atomic mass is 9.88. The average Bonchev–Trinajstić information content (AvgIpc) is 3.48. The van der Waals surface area contributed by atoms with Crippen molar-refractivity contribution in [1.29, 1.82) is 5.26 Å². The number of aromatic nitrogens is 3. The number of rotatable bonds is 7. The molecule has 1 aromatic heterocycles. The van der Waals surface area contributed by atoms with Crippen LogP contribution < -0.4 is 4.90 Å². The van der Waals surface area contributed by atoms with Crippen LogP contribution in [0.25, 0.3) is 11.3 Å². The van der Waals surface area contributed by atoms with Crippen LogP contribution in [0, 0.1) is 24.1 Å². The quantitative estimate of drug-likeness (QED) is 0.365. The average molecular weight is 614 g/mol. The van der Waals surface area contributed by atoms with Crippen molar-refractivity contribution in [2.75, 3.05) is 18.6 Å². The third kappa shape index (κ3) is 6.02. The summed E-state index contributed by atoms with van der Waals surface area (Å²) in [5.41, 5.74) is 1.73. The largest absolute Gasteiger partial charge is 0.394 e. The van der Waals surface area contributed by atoms with E-state index in [0.29, 0.717) is 35.3 Å². The van der Waals surface area contributed by atoms with Gasteiger partial charge in [-0.1, -0.05) is 41.8 Å². The van der Waals surface area contributed by atoms with Crippen molar-refractivity contribution in [2.45, 2.75) is 75.2 Å². The first-order valence-electron chi connectivity index (χ1n) is 14.0. The predicted octanol–water partition coefficient (Wildman–Crippen LogP) is 2.93. The number of aliphatic hydroxyl groups excluding tert-OH is 3. The number of carbonyl (C=O) groups is 1. The van der Waals surface area contributed by atoms with Crippen molar-refractivity contribution < 1.29 is 34.0 Å². The molecule has 13 heteroatoms. The molecular formula is C30H33ClFN5O6. The molecule has 3 N–H and O–H groups in total. The van der Waals surface area contributed by atoms with Crippen LogP contribution in [0.4, 0.5) is 10.1 Å². The molecule has 43 heavy (non-hydrogen) atoms. The second-order valence-electron chi connectivity index (χ2n) is 10.9. The maximum absolute atomic E-state index is 14.5. The molecule has 0 spiro atoms. The summed E-state index contributed by atoms with van der Waals surface area (Å²) in [5.74, 6) is -1.02. The monoisotopic (exact) mass is 613 g/mol. The van der Waals surface area contributed by atoms with Crippen molar-refractivity contribution >= 4 is 23.2 Å². The van der Waals surface area contributed by atoms with Crippen molar-refractivity contribution in [3.8, 4) is 17.3 Å². The smallest absolute Gasteiger partial charge is 0.259 e. The normalized spacial score (nSPS) is 27.4. The van der Waals surface area contributed by atoms with Gasteiger partial charge in [-0.05, 0) is 49.6 Å². The fourth-order valence-electron chi connectivity index (χ4n) is 6.08. The minimum atomic E-state index is -1.38. The molecule has 3 aromatic rings. The van der Waals surface area contributed by atoms with E-state index in [9.17, 15) is 29.8 Å². The Kier molecular flexibility index (Phi) is 9.41. The zero-order valence-corrected chi connectivity index (χ0v) is 24.4. The number of hydrogen-bond acceptors (Lipinski definition) is 9. The van der Waals surface area contributed by atoms with Crippen molar-refractivity contribution in [1.82, 2.24) is 15.0 Å². The van der Waals surface area contributed by atoms with Crippen molar-refractivity contribution in [2.24, 2.45) is 0 Å². The number of ether oxygens (including phenoxy) is 2. The zero-order chi connectivity index (χ0) is 30.8. The molecule has 2 aliphatic rings. The molecule has 11 nitrogen and oxygen atoms in total. The minimum absolute atomic E-state index is 0.225. The van der Waals surface area contributed by atoms with Gasteiger partial charge in [0, 0.05) is 23.4 Å². The van der Waals surface area contributed by atoms with Crippen LogP contribution in [0.15, 0.2) is 42.6 Å². The number of amides is 1. The third-order valence-electron chi connectivity index (χ3n) is 8.29. The van der Waals surface area contributed by atoms with E-state index < -0.39 is 60.9 Å². The molecule has 1 aliphatic heterocycles. The molecule has 1 aliphatic carbocycles. The topological polar surface area (TPSA) is 154 Å². The highest BCUT2D eigenvalue weighted by Gasteiger charge is 2.52. The second kappa shape index (κ2) is 13.1. The summed E-state index contributed by atoms with van der Waals surface area (Å²) >= 11 is 6.32. The number of benzene rings is 2. The van der Waals surface area contributed by atoms with E-state index >= 15 is 0 Å². The first kappa shape index (κ1) is 31.0. The van der Waals surface area contributed by atoms with Gasteiger partial charge in [-0.25, -0.2) is 9.07 Å². The van der Waals surface area contributed by atoms with Gasteiger partial charge in [0.1, 0.15) is 35.9 Å². The van der Waals surface area contributed by atoms with Gasteiger partial charge >= 0.3 is 0 Å². The number of halogens is 2. The number of aliphatic hydroxyl groups is 3. The van der Waals surface area contributed by atoms with Gasteiger partial charge in [-0.3, -0.25) is 4.79 Å². The first-order valence-corrected chi connectivity index (χ1v) is 14.4. The SMILES string of the molecule is CO[C@@H]1[C@@H](n2cc(-c3cccc(F)c3C)nn2)[C@@H](O)[C@@H](CO)O[C@H]1C(=O)N(c1cc(Cl)cc(C#N)c1)[C@H]1CCCC[C@@H]1O. The summed E-state index contributed by atoms with van der Waals surface area (Å²) in [7, 11) is 1.36. The Morgan fingerprint density at radius 3 is 2.74 bits per heavy atom. The highest BCUT2D eigenvalue weighted by atomic mass is 35.5. The lowest BCUT2D eigenvalue weighted by Crippen LogP contribution is -2.63. The van der Waals surface area contributed by atoms with E-state index in [-0.39, 0.29) is 10.6 Å². The van der Waals surface area contributed by atoms with Crippen molar-refractivity contribution in [3.63, 3.8) is 0 Å². The lowest BCUT2D eigenvalue weighted by Gasteiger charge is -2.46. The highest BCUT2D eigenvalue weighted by molar-refractivity contribution is 6.31. The van der Waals surface area contributed by atoms with Crippen LogP contribution in [-0.2, 0) is 14.3 Å². The molecular weight excluding hydrogens is 581 g/mol. The molecule has 1 saturated carbocycles. The molecule has 2 aromatic carbocycles. The van der Waals surface area contributed by atoms with Gasteiger partial charge in [0.15, 0.2) is 6.10 Å². The molecule has 0 unspecified atom stereocenters. The molecule has 1 amide bonds. The summed E-state index contributed by atoms with van der Waals surface area (Å²) in [5, 5.41) is 50.6. The molecule has 7 atom stereocenters.